The van der Waals surface area contributed by atoms with Crippen LogP contribution < -0.4 is 5.32 Å². The Bertz CT molecular complexity index is 938. The molecule has 3 aromatic heterocycles. The van der Waals surface area contributed by atoms with E-state index in [-0.39, 0.29) is 12.6 Å². The predicted molar refractivity (Wildman–Crippen MR) is 96.4 cm³/mol. The van der Waals surface area contributed by atoms with E-state index >= 15 is 0 Å². The van der Waals surface area contributed by atoms with Crippen LogP contribution in [-0.2, 0) is 6.61 Å². The number of aromatic nitrogens is 3. The highest BCUT2D eigenvalue weighted by atomic mass is 32.1. The number of urea groups is 1. The fraction of sp³-hybridized carbons (Fsp3) is 0.294. The zero-order valence-corrected chi connectivity index (χ0v) is 14.5. The van der Waals surface area contributed by atoms with Crippen molar-refractivity contribution in [3.05, 3.63) is 35.3 Å². The number of thiophene rings is 1. The predicted octanol–water partition coefficient (Wildman–Crippen LogP) is 2.87. The van der Waals surface area contributed by atoms with Crippen molar-refractivity contribution in [2.45, 2.75) is 25.5 Å². The number of rotatable bonds is 4. The second kappa shape index (κ2) is 6.38. The third-order valence-corrected chi connectivity index (χ3v) is 5.22. The zero-order valence-electron chi connectivity index (χ0n) is 13.6. The number of carbonyl (C=O) groups excluding carboxylic acids is 1. The first-order valence-corrected chi connectivity index (χ1v) is 8.83. The maximum atomic E-state index is 12.2. The number of nitrogens with zero attached hydrogens (tertiary/aromatic N) is 4. The molecule has 0 spiro atoms. The maximum absolute atomic E-state index is 12.2. The van der Waals surface area contributed by atoms with Crippen LogP contribution in [0.5, 0.6) is 0 Å². The summed E-state index contributed by atoms with van der Waals surface area (Å²) in [4.78, 5) is 29.0. The summed E-state index contributed by atoms with van der Waals surface area (Å²) in [5, 5.41) is 12.0. The normalized spacial score (nSPS) is 13.8. The van der Waals surface area contributed by atoms with Gasteiger partial charge in [-0.15, -0.1) is 11.3 Å². The average Bonchev–Trinajstić information content (AvgIpc) is 3.37. The molecule has 128 valence electrons. The van der Waals surface area contributed by atoms with E-state index in [0.29, 0.717) is 28.7 Å². The molecule has 0 bridgehead atoms. The summed E-state index contributed by atoms with van der Waals surface area (Å²) in [6.45, 7) is 0.00855. The molecule has 0 unspecified atom stereocenters. The quantitative estimate of drug-likeness (QED) is 0.751. The lowest BCUT2D eigenvalue weighted by molar-refractivity contribution is 0.220. The van der Waals surface area contributed by atoms with Crippen molar-refractivity contribution >= 4 is 34.3 Å². The topological polar surface area (TPSA) is 91.2 Å². The summed E-state index contributed by atoms with van der Waals surface area (Å²) >= 11 is 1.47. The van der Waals surface area contributed by atoms with Crippen LogP contribution >= 0.6 is 11.3 Å². The summed E-state index contributed by atoms with van der Waals surface area (Å²) in [6.07, 6.45) is 3.80. The number of nitrogens with one attached hydrogen (secondary N) is 1. The molecule has 0 aromatic carbocycles. The molecule has 0 atom stereocenters. The monoisotopic (exact) mass is 355 g/mol. The Labute approximate surface area is 148 Å². The van der Waals surface area contributed by atoms with Gasteiger partial charge in [-0.1, -0.05) is 0 Å². The lowest BCUT2D eigenvalue weighted by atomic mass is 10.3. The molecule has 0 radical (unpaired) electrons. The molecule has 25 heavy (non-hydrogen) atoms. The number of aliphatic hydroxyl groups excluding tert-OH is 1. The van der Waals surface area contributed by atoms with Gasteiger partial charge in [-0.05, 0) is 37.1 Å². The van der Waals surface area contributed by atoms with Gasteiger partial charge in [0.1, 0.15) is 17.0 Å². The number of amides is 2. The van der Waals surface area contributed by atoms with Gasteiger partial charge in [0.15, 0.2) is 5.65 Å². The van der Waals surface area contributed by atoms with E-state index in [4.69, 9.17) is 0 Å². The number of pyridine rings is 1. The van der Waals surface area contributed by atoms with Gasteiger partial charge >= 0.3 is 6.03 Å². The van der Waals surface area contributed by atoms with E-state index in [0.717, 1.165) is 22.6 Å². The molecular formula is C17H17N5O2S. The van der Waals surface area contributed by atoms with Crippen LogP contribution in [-0.4, -0.2) is 44.1 Å². The minimum atomic E-state index is -0.163. The van der Waals surface area contributed by atoms with Crippen molar-refractivity contribution in [1.82, 2.24) is 19.9 Å². The molecule has 1 saturated carbocycles. The van der Waals surface area contributed by atoms with E-state index < -0.39 is 0 Å². The van der Waals surface area contributed by atoms with Crippen LogP contribution in [0.3, 0.4) is 0 Å². The fourth-order valence-corrected chi connectivity index (χ4v) is 3.33. The van der Waals surface area contributed by atoms with E-state index in [1.54, 1.807) is 30.3 Å². The van der Waals surface area contributed by atoms with Crippen molar-refractivity contribution in [1.29, 1.82) is 0 Å². The Morgan fingerprint density at radius 1 is 1.32 bits per heavy atom. The number of aliphatic hydroxyl groups is 1. The summed E-state index contributed by atoms with van der Waals surface area (Å²) in [6, 6.07) is 7.46. The van der Waals surface area contributed by atoms with E-state index in [1.165, 1.54) is 11.3 Å². The Kier molecular flexibility index (Phi) is 4.06. The van der Waals surface area contributed by atoms with Gasteiger partial charge < -0.3 is 10.0 Å². The van der Waals surface area contributed by atoms with Crippen molar-refractivity contribution in [3.8, 4) is 10.6 Å². The Balaban J connectivity index is 1.61. The summed E-state index contributed by atoms with van der Waals surface area (Å²) in [5.41, 5.74) is 1.84. The van der Waals surface area contributed by atoms with E-state index in [9.17, 15) is 9.90 Å². The molecular weight excluding hydrogens is 338 g/mol. The van der Waals surface area contributed by atoms with E-state index in [2.05, 4.69) is 20.3 Å². The second-order valence-corrected chi connectivity index (χ2v) is 7.16. The molecule has 7 nitrogen and oxygen atoms in total. The minimum absolute atomic E-state index is 0.00855. The van der Waals surface area contributed by atoms with Crippen LogP contribution in [0.2, 0.25) is 0 Å². The van der Waals surface area contributed by atoms with Crippen LogP contribution in [0.25, 0.3) is 21.7 Å². The van der Waals surface area contributed by atoms with Crippen LogP contribution in [0, 0.1) is 0 Å². The summed E-state index contributed by atoms with van der Waals surface area (Å²) in [7, 11) is 1.79. The number of hydrogen-bond acceptors (Lipinski definition) is 6. The van der Waals surface area contributed by atoms with Crippen molar-refractivity contribution in [2.75, 3.05) is 12.4 Å². The Morgan fingerprint density at radius 2 is 2.16 bits per heavy atom. The molecule has 2 N–H and O–H groups in total. The molecule has 0 saturated heterocycles. The highest BCUT2D eigenvalue weighted by Crippen LogP contribution is 2.28. The molecule has 8 heteroatoms. The Morgan fingerprint density at radius 3 is 2.88 bits per heavy atom. The SMILES string of the molecule is CN(C(=O)Nc1ccc2ncc(-c3ccc(CO)s3)nc2n1)C1CC1. The summed E-state index contributed by atoms with van der Waals surface area (Å²) in [5.74, 6) is 0.457. The molecule has 1 fully saturated rings. The molecule has 0 aliphatic heterocycles. The fourth-order valence-electron chi connectivity index (χ4n) is 2.51. The standard InChI is InChI=1S/C17H17N5O2S/c1-22(10-2-3-10)17(24)21-15-7-5-12-16(20-15)19-13(8-18-12)14-6-4-11(9-23)25-14/h4-8,10,23H,2-3,9H2,1H3,(H,19,20,21,24). The number of anilines is 1. The molecule has 4 rings (SSSR count). The Hall–Kier alpha value is -2.58. The van der Waals surface area contributed by atoms with Gasteiger partial charge in [-0.25, -0.2) is 14.8 Å². The lowest BCUT2D eigenvalue weighted by Crippen LogP contribution is -2.33. The molecule has 3 heterocycles. The third-order valence-electron chi connectivity index (χ3n) is 4.13. The van der Waals surface area contributed by atoms with Crippen LogP contribution in [0.1, 0.15) is 17.7 Å². The van der Waals surface area contributed by atoms with Crippen LogP contribution in [0.4, 0.5) is 10.6 Å². The van der Waals surface area contributed by atoms with Gasteiger partial charge in [-0.3, -0.25) is 10.3 Å². The van der Waals surface area contributed by atoms with E-state index in [1.807, 2.05) is 12.1 Å². The smallest absolute Gasteiger partial charge is 0.322 e. The molecule has 2 amide bonds. The number of hydrogen-bond donors (Lipinski definition) is 2. The van der Waals surface area contributed by atoms with Gasteiger partial charge in [0.25, 0.3) is 0 Å². The average molecular weight is 355 g/mol. The summed E-state index contributed by atoms with van der Waals surface area (Å²) < 4.78 is 0. The first-order chi connectivity index (χ1) is 12.1. The zero-order chi connectivity index (χ0) is 17.4. The van der Waals surface area contributed by atoms with Crippen LogP contribution in [0.15, 0.2) is 30.5 Å². The first kappa shape index (κ1) is 15.9. The third kappa shape index (κ3) is 3.31. The van der Waals surface area contributed by atoms with Gasteiger partial charge in [-0.2, -0.15) is 0 Å². The molecule has 1 aliphatic carbocycles. The largest absolute Gasteiger partial charge is 0.391 e. The first-order valence-electron chi connectivity index (χ1n) is 8.01. The number of carbonyl (C=O) groups is 1. The lowest BCUT2D eigenvalue weighted by Gasteiger charge is -2.16. The van der Waals surface area contributed by atoms with Crippen molar-refractivity contribution in [3.63, 3.8) is 0 Å². The highest BCUT2D eigenvalue weighted by molar-refractivity contribution is 7.15. The number of fused-ring (bicyclic) bond motifs is 1. The highest BCUT2D eigenvalue weighted by Gasteiger charge is 2.29. The second-order valence-electron chi connectivity index (χ2n) is 5.99. The minimum Gasteiger partial charge on any atom is -0.391 e. The van der Waals surface area contributed by atoms with Gasteiger partial charge in [0.2, 0.25) is 0 Å². The van der Waals surface area contributed by atoms with Crippen molar-refractivity contribution < 1.29 is 9.90 Å². The maximum Gasteiger partial charge on any atom is 0.322 e. The van der Waals surface area contributed by atoms with Gasteiger partial charge in [0, 0.05) is 18.0 Å². The molecule has 1 aliphatic rings. The van der Waals surface area contributed by atoms with Crippen molar-refractivity contribution in [2.24, 2.45) is 0 Å². The van der Waals surface area contributed by atoms with Gasteiger partial charge in [0.05, 0.1) is 17.7 Å². The molecule has 3 aromatic rings.